The first-order valence-electron chi connectivity index (χ1n) is 7.88. The average molecular weight is 289 g/mol. The first-order chi connectivity index (χ1) is 10.0. The fraction of sp³-hybridized carbons (Fsp3) is 0.588. The highest BCUT2D eigenvalue weighted by Gasteiger charge is 2.15. The SMILES string of the molecule is CC1CCN(Cc2ccc(CNC(=O)[C@@H](C)N)cc2)CC1. The number of nitrogens with two attached hydrogens (primary N) is 1. The summed E-state index contributed by atoms with van der Waals surface area (Å²) >= 11 is 0. The van der Waals surface area contributed by atoms with Crippen LogP contribution in [0.4, 0.5) is 0 Å². The number of nitrogens with one attached hydrogen (secondary N) is 1. The van der Waals surface area contributed by atoms with Crippen LogP contribution in [0, 0.1) is 5.92 Å². The van der Waals surface area contributed by atoms with Gasteiger partial charge in [-0.3, -0.25) is 9.69 Å². The Bertz CT molecular complexity index is 448. The molecule has 1 atom stereocenters. The standard InChI is InChI=1S/C17H27N3O/c1-13-7-9-20(10-8-13)12-16-5-3-15(4-6-16)11-19-17(21)14(2)18/h3-6,13-14H,7-12,18H2,1-2H3,(H,19,21)/t14-/m1/s1. The number of hydrogen-bond donors (Lipinski definition) is 2. The first kappa shape index (κ1) is 16.0. The summed E-state index contributed by atoms with van der Waals surface area (Å²) in [6.45, 7) is 8.00. The van der Waals surface area contributed by atoms with Crippen LogP contribution in [0.25, 0.3) is 0 Å². The molecule has 3 N–H and O–H groups in total. The summed E-state index contributed by atoms with van der Waals surface area (Å²) < 4.78 is 0. The smallest absolute Gasteiger partial charge is 0.236 e. The van der Waals surface area contributed by atoms with Crippen molar-refractivity contribution < 1.29 is 4.79 Å². The predicted octanol–water partition coefficient (Wildman–Crippen LogP) is 1.88. The molecule has 1 fully saturated rings. The molecule has 2 rings (SSSR count). The van der Waals surface area contributed by atoms with Crippen LogP contribution in [0.15, 0.2) is 24.3 Å². The van der Waals surface area contributed by atoms with Crippen molar-refractivity contribution in [2.75, 3.05) is 13.1 Å². The van der Waals surface area contributed by atoms with Crippen molar-refractivity contribution in [1.29, 1.82) is 0 Å². The minimum absolute atomic E-state index is 0.110. The van der Waals surface area contributed by atoms with E-state index < -0.39 is 6.04 Å². The Morgan fingerprint density at radius 1 is 1.29 bits per heavy atom. The molecule has 0 radical (unpaired) electrons. The van der Waals surface area contributed by atoms with E-state index in [9.17, 15) is 4.79 Å². The largest absolute Gasteiger partial charge is 0.351 e. The number of nitrogens with zero attached hydrogens (tertiary/aromatic N) is 1. The lowest BCUT2D eigenvalue weighted by Gasteiger charge is -2.30. The number of carbonyl (C=O) groups is 1. The zero-order valence-corrected chi connectivity index (χ0v) is 13.1. The Labute approximate surface area is 127 Å². The number of hydrogen-bond acceptors (Lipinski definition) is 3. The minimum atomic E-state index is -0.453. The predicted molar refractivity (Wildman–Crippen MR) is 85.6 cm³/mol. The molecule has 0 aliphatic carbocycles. The Balaban J connectivity index is 1.80. The topological polar surface area (TPSA) is 58.4 Å². The number of rotatable bonds is 5. The van der Waals surface area contributed by atoms with Crippen molar-refractivity contribution in [3.63, 3.8) is 0 Å². The molecule has 4 nitrogen and oxygen atoms in total. The zero-order chi connectivity index (χ0) is 15.2. The Morgan fingerprint density at radius 2 is 1.86 bits per heavy atom. The Hall–Kier alpha value is -1.39. The van der Waals surface area contributed by atoms with Crippen LogP contribution in [-0.4, -0.2) is 29.9 Å². The third-order valence-corrected chi connectivity index (χ3v) is 4.19. The molecule has 4 heteroatoms. The van der Waals surface area contributed by atoms with E-state index in [1.807, 2.05) is 0 Å². The molecule has 0 bridgehead atoms. The van der Waals surface area contributed by atoms with Gasteiger partial charge >= 0.3 is 0 Å². The normalized spacial score (nSPS) is 18.4. The van der Waals surface area contributed by atoms with Gasteiger partial charge in [-0.25, -0.2) is 0 Å². The van der Waals surface area contributed by atoms with Gasteiger partial charge in [0.05, 0.1) is 6.04 Å². The molecular weight excluding hydrogens is 262 g/mol. The fourth-order valence-electron chi connectivity index (χ4n) is 2.59. The van der Waals surface area contributed by atoms with Gasteiger partial charge in [0.1, 0.15) is 0 Å². The molecule has 21 heavy (non-hydrogen) atoms. The molecule has 0 unspecified atom stereocenters. The molecule has 1 amide bonds. The van der Waals surface area contributed by atoms with E-state index in [0.29, 0.717) is 6.54 Å². The number of piperidine rings is 1. The van der Waals surface area contributed by atoms with Crippen molar-refractivity contribution in [3.8, 4) is 0 Å². The van der Waals surface area contributed by atoms with Crippen molar-refractivity contribution in [2.24, 2.45) is 11.7 Å². The van der Waals surface area contributed by atoms with E-state index in [4.69, 9.17) is 5.73 Å². The third kappa shape index (κ3) is 5.14. The molecule has 0 aromatic heterocycles. The second-order valence-electron chi connectivity index (χ2n) is 6.28. The highest BCUT2D eigenvalue weighted by atomic mass is 16.2. The van der Waals surface area contributed by atoms with Gasteiger partial charge in [-0.05, 0) is 49.9 Å². The van der Waals surface area contributed by atoms with Crippen LogP contribution >= 0.6 is 0 Å². The van der Waals surface area contributed by atoms with Crippen molar-refractivity contribution in [1.82, 2.24) is 10.2 Å². The maximum Gasteiger partial charge on any atom is 0.236 e. The Morgan fingerprint density at radius 3 is 2.43 bits per heavy atom. The van der Waals surface area contributed by atoms with E-state index in [1.54, 1.807) is 6.92 Å². The summed E-state index contributed by atoms with van der Waals surface area (Å²) in [5.74, 6) is 0.763. The lowest BCUT2D eigenvalue weighted by Crippen LogP contribution is -2.37. The van der Waals surface area contributed by atoms with Gasteiger partial charge in [0.2, 0.25) is 5.91 Å². The van der Waals surface area contributed by atoms with Gasteiger partial charge < -0.3 is 11.1 Å². The van der Waals surface area contributed by atoms with E-state index in [1.165, 1.54) is 31.5 Å². The summed E-state index contributed by atoms with van der Waals surface area (Å²) in [4.78, 5) is 14.0. The number of benzene rings is 1. The first-order valence-corrected chi connectivity index (χ1v) is 7.88. The number of carbonyl (C=O) groups excluding carboxylic acids is 1. The highest BCUT2D eigenvalue weighted by Crippen LogP contribution is 2.18. The molecule has 1 aromatic rings. The lowest BCUT2D eigenvalue weighted by molar-refractivity contribution is -0.122. The van der Waals surface area contributed by atoms with E-state index >= 15 is 0 Å². The summed E-state index contributed by atoms with van der Waals surface area (Å²) in [7, 11) is 0. The van der Waals surface area contributed by atoms with Crippen LogP contribution < -0.4 is 11.1 Å². The molecule has 1 aromatic carbocycles. The molecule has 116 valence electrons. The van der Waals surface area contributed by atoms with E-state index in [0.717, 1.165) is 18.0 Å². The van der Waals surface area contributed by atoms with E-state index in [-0.39, 0.29) is 5.91 Å². The van der Waals surface area contributed by atoms with Crippen molar-refractivity contribution in [3.05, 3.63) is 35.4 Å². The zero-order valence-electron chi connectivity index (χ0n) is 13.1. The molecule has 1 heterocycles. The third-order valence-electron chi connectivity index (χ3n) is 4.19. The van der Waals surface area contributed by atoms with Crippen LogP contribution in [0.1, 0.15) is 37.8 Å². The van der Waals surface area contributed by atoms with Crippen LogP contribution in [0.5, 0.6) is 0 Å². The second kappa shape index (κ2) is 7.57. The van der Waals surface area contributed by atoms with Gasteiger partial charge in [-0.15, -0.1) is 0 Å². The van der Waals surface area contributed by atoms with Gasteiger partial charge in [-0.2, -0.15) is 0 Å². The molecule has 0 spiro atoms. The molecule has 1 aliphatic rings. The summed E-state index contributed by atoms with van der Waals surface area (Å²) in [6, 6.07) is 8.04. The summed E-state index contributed by atoms with van der Waals surface area (Å²) in [5, 5.41) is 2.83. The fourth-order valence-corrected chi connectivity index (χ4v) is 2.59. The molecular formula is C17H27N3O. The number of amides is 1. The number of likely N-dealkylation sites (tertiary alicyclic amines) is 1. The van der Waals surface area contributed by atoms with Crippen LogP contribution in [-0.2, 0) is 17.9 Å². The molecule has 1 saturated heterocycles. The van der Waals surface area contributed by atoms with Crippen molar-refractivity contribution in [2.45, 2.75) is 45.8 Å². The maximum atomic E-state index is 11.4. The van der Waals surface area contributed by atoms with Gasteiger partial charge in [-0.1, -0.05) is 31.2 Å². The van der Waals surface area contributed by atoms with Gasteiger partial charge in [0, 0.05) is 13.1 Å². The van der Waals surface area contributed by atoms with Crippen LogP contribution in [0.3, 0.4) is 0 Å². The van der Waals surface area contributed by atoms with Gasteiger partial charge in [0.15, 0.2) is 0 Å². The summed E-state index contributed by atoms with van der Waals surface area (Å²) in [5.41, 5.74) is 7.97. The van der Waals surface area contributed by atoms with Gasteiger partial charge in [0.25, 0.3) is 0 Å². The average Bonchev–Trinajstić information content (AvgIpc) is 2.48. The van der Waals surface area contributed by atoms with Crippen LogP contribution in [0.2, 0.25) is 0 Å². The maximum absolute atomic E-state index is 11.4. The second-order valence-corrected chi connectivity index (χ2v) is 6.28. The lowest BCUT2D eigenvalue weighted by atomic mass is 9.99. The monoisotopic (exact) mass is 289 g/mol. The Kier molecular flexibility index (Phi) is 5.76. The minimum Gasteiger partial charge on any atom is -0.351 e. The van der Waals surface area contributed by atoms with Crippen molar-refractivity contribution >= 4 is 5.91 Å². The summed E-state index contributed by atoms with van der Waals surface area (Å²) in [6.07, 6.45) is 2.61. The quantitative estimate of drug-likeness (QED) is 0.870. The molecule has 1 aliphatic heterocycles. The molecule has 0 saturated carbocycles. The highest BCUT2D eigenvalue weighted by molar-refractivity contribution is 5.80. The van der Waals surface area contributed by atoms with E-state index in [2.05, 4.69) is 41.4 Å².